The van der Waals surface area contributed by atoms with Crippen LogP contribution in [0.15, 0.2) is 0 Å². The Morgan fingerprint density at radius 1 is 1.47 bits per heavy atom. The minimum absolute atomic E-state index is 0.165. The number of likely N-dealkylation sites (tertiary alicyclic amines) is 1. The summed E-state index contributed by atoms with van der Waals surface area (Å²) in [6.07, 6.45) is 2.19. The maximum atomic E-state index is 12.6. The van der Waals surface area contributed by atoms with Crippen molar-refractivity contribution in [2.24, 2.45) is 17.1 Å². The summed E-state index contributed by atoms with van der Waals surface area (Å²) in [5, 5.41) is 0. The molecule has 2 aliphatic rings. The van der Waals surface area contributed by atoms with Crippen molar-refractivity contribution in [3.8, 4) is 0 Å². The summed E-state index contributed by atoms with van der Waals surface area (Å²) >= 11 is 0. The summed E-state index contributed by atoms with van der Waals surface area (Å²) in [7, 11) is 0. The predicted octanol–water partition coefficient (Wildman–Crippen LogP) is 0.997. The monoisotopic (exact) mass is 240 g/mol. The van der Waals surface area contributed by atoms with Crippen LogP contribution in [0.5, 0.6) is 0 Å². The summed E-state index contributed by atoms with van der Waals surface area (Å²) < 4.78 is 5.37. The zero-order valence-corrected chi connectivity index (χ0v) is 11.1. The van der Waals surface area contributed by atoms with Crippen LogP contribution in [0.4, 0.5) is 0 Å². The maximum Gasteiger partial charge on any atom is 0.232 e. The number of rotatable bonds is 1. The van der Waals surface area contributed by atoms with Gasteiger partial charge in [0.25, 0.3) is 0 Å². The largest absolute Gasteiger partial charge is 0.379 e. The first-order chi connectivity index (χ1) is 7.95. The van der Waals surface area contributed by atoms with Gasteiger partial charge in [-0.25, -0.2) is 0 Å². The van der Waals surface area contributed by atoms with Crippen LogP contribution in [0.2, 0.25) is 0 Å². The highest BCUT2D eigenvalue weighted by Gasteiger charge is 2.47. The zero-order valence-electron chi connectivity index (χ0n) is 11.1. The van der Waals surface area contributed by atoms with Crippen LogP contribution in [-0.2, 0) is 9.53 Å². The Bertz CT molecular complexity index is 308. The lowest BCUT2D eigenvalue weighted by Crippen LogP contribution is -2.55. The first kappa shape index (κ1) is 12.8. The molecule has 0 aromatic carbocycles. The highest BCUT2D eigenvalue weighted by atomic mass is 16.5. The second-order valence-electron chi connectivity index (χ2n) is 6.02. The SMILES string of the molecule is CC1CCN(C(=O)C2(C)COCC2N)C(C)C1. The summed E-state index contributed by atoms with van der Waals surface area (Å²) in [4.78, 5) is 14.6. The fourth-order valence-electron chi connectivity index (χ4n) is 2.95. The third-order valence-corrected chi connectivity index (χ3v) is 4.41. The number of nitrogens with zero attached hydrogens (tertiary/aromatic N) is 1. The second kappa shape index (κ2) is 4.58. The van der Waals surface area contributed by atoms with Gasteiger partial charge in [-0.2, -0.15) is 0 Å². The van der Waals surface area contributed by atoms with Gasteiger partial charge in [-0.15, -0.1) is 0 Å². The molecule has 1 amide bonds. The van der Waals surface area contributed by atoms with Gasteiger partial charge in [-0.3, -0.25) is 4.79 Å². The van der Waals surface area contributed by atoms with E-state index in [0.29, 0.717) is 19.3 Å². The smallest absolute Gasteiger partial charge is 0.232 e. The van der Waals surface area contributed by atoms with Crippen molar-refractivity contribution in [1.29, 1.82) is 0 Å². The van der Waals surface area contributed by atoms with Gasteiger partial charge in [-0.05, 0) is 32.6 Å². The quantitative estimate of drug-likeness (QED) is 0.744. The molecule has 0 saturated carbocycles. The topological polar surface area (TPSA) is 55.6 Å². The summed E-state index contributed by atoms with van der Waals surface area (Å²) in [5.74, 6) is 0.900. The lowest BCUT2D eigenvalue weighted by molar-refractivity contribution is -0.145. The van der Waals surface area contributed by atoms with Crippen molar-refractivity contribution in [2.75, 3.05) is 19.8 Å². The lowest BCUT2D eigenvalue weighted by atomic mass is 9.82. The minimum atomic E-state index is -0.519. The number of amides is 1. The summed E-state index contributed by atoms with van der Waals surface area (Å²) in [6, 6.07) is 0.164. The molecule has 98 valence electrons. The van der Waals surface area contributed by atoms with Crippen molar-refractivity contribution in [1.82, 2.24) is 4.90 Å². The van der Waals surface area contributed by atoms with Crippen molar-refractivity contribution in [3.63, 3.8) is 0 Å². The standard InChI is InChI=1S/C13H24N2O2/c1-9-4-5-15(10(2)6-9)12(16)13(3)8-17-7-11(13)14/h9-11H,4-8,14H2,1-3H3. The molecule has 0 aromatic rings. The van der Waals surface area contributed by atoms with E-state index >= 15 is 0 Å². The van der Waals surface area contributed by atoms with Crippen LogP contribution < -0.4 is 5.73 Å². The predicted molar refractivity (Wildman–Crippen MR) is 66.5 cm³/mol. The van der Waals surface area contributed by atoms with E-state index in [4.69, 9.17) is 10.5 Å². The molecule has 2 saturated heterocycles. The van der Waals surface area contributed by atoms with E-state index < -0.39 is 5.41 Å². The Morgan fingerprint density at radius 3 is 2.71 bits per heavy atom. The average Bonchev–Trinajstić information content (AvgIpc) is 2.60. The third kappa shape index (κ3) is 2.20. The van der Waals surface area contributed by atoms with Gasteiger partial charge in [0, 0.05) is 18.6 Å². The van der Waals surface area contributed by atoms with Gasteiger partial charge >= 0.3 is 0 Å². The Morgan fingerprint density at radius 2 is 2.18 bits per heavy atom. The van der Waals surface area contributed by atoms with Gasteiger partial charge in [0.2, 0.25) is 5.91 Å². The Hall–Kier alpha value is -0.610. The van der Waals surface area contributed by atoms with Crippen LogP contribution >= 0.6 is 0 Å². The van der Waals surface area contributed by atoms with Gasteiger partial charge in [-0.1, -0.05) is 6.92 Å². The molecule has 2 N–H and O–H groups in total. The van der Waals surface area contributed by atoms with E-state index in [0.717, 1.165) is 25.3 Å². The molecule has 2 heterocycles. The first-order valence-corrected chi connectivity index (χ1v) is 6.59. The molecule has 17 heavy (non-hydrogen) atoms. The van der Waals surface area contributed by atoms with Crippen molar-refractivity contribution >= 4 is 5.91 Å². The van der Waals surface area contributed by atoms with Crippen LogP contribution in [0, 0.1) is 11.3 Å². The fourth-order valence-corrected chi connectivity index (χ4v) is 2.95. The third-order valence-electron chi connectivity index (χ3n) is 4.41. The van der Waals surface area contributed by atoms with Crippen LogP contribution in [-0.4, -0.2) is 42.6 Å². The molecule has 0 spiro atoms. The van der Waals surface area contributed by atoms with Gasteiger partial charge in [0.05, 0.1) is 18.6 Å². The maximum absolute atomic E-state index is 12.6. The number of carbonyl (C=O) groups excluding carboxylic acids is 1. The number of hydrogen-bond donors (Lipinski definition) is 1. The zero-order chi connectivity index (χ0) is 12.6. The molecule has 2 aliphatic heterocycles. The number of carbonyl (C=O) groups is 1. The number of piperidine rings is 1. The molecular weight excluding hydrogens is 216 g/mol. The molecule has 4 nitrogen and oxygen atoms in total. The molecule has 0 radical (unpaired) electrons. The van der Waals surface area contributed by atoms with Gasteiger partial charge < -0.3 is 15.4 Å². The fraction of sp³-hybridized carbons (Fsp3) is 0.923. The Balaban J connectivity index is 2.09. The summed E-state index contributed by atoms with van der Waals surface area (Å²) in [6.45, 7) is 8.16. The molecule has 4 unspecified atom stereocenters. The molecule has 0 aliphatic carbocycles. The van der Waals surface area contributed by atoms with Crippen LogP contribution in [0.25, 0.3) is 0 Å². The molecular formula is C13H24N2O2. The molecule has 4 heteroatoms. The number of nitrogens with two attached hydrogens (primary N) is 1. The van der Waals surface area contributed by atoms with Crippen molar-refractivity contribution in [2.45, 2.75) is 45.7 Å². The number of ether oxygens (including phenoxy) is 1. The highest BCUT2D eigenvalue weighted by Crippen LogP contribution is 2.33. The van der Waals surface area contributed by atoms with Gasteiger partial charge in [0.1, 0.15) is 0 Å². The van der Waals surface area contributed by atoms with Crippen LogP contribution in [0.3, 0.4) is 0 Å². The van der Waals surface area contributed by atoms with Crippen molar-refractivity contribution < 1.29 is 9.53 Å². The van der Waals surface area contributed by atoms with E-state index in [1.165, 1.54) is 0 Å². The number of hydrogen-bond acceptors (Lipinski definition) is 3. The average molecular weight is 240 g/mol. The van der Waals surface area contributed by atoms with E-state index in [2.05, 4.69) is 13.8 Å². The molecule has 4 atom stereocenters. The van der Waals surface area contributed by atoms with Crippen LogP contribution in [0.1, 0.15) is 33.6 Å². The molecule has 0 bridgehead atoms. The molecule has 2 rings (SSSR count). The lowest BCUT2D eigenvalue weighted by Gasteiger charge is -2.41. The van der Waals surface area contributed by atoms with Gasteiger partial charge in [0.15, 0.2) is 0 Å². The second-order valence-corrected chi connectivity index (χ2v) is 6.02. The van der Waals surface area contributed by atoms with E-state index in [-0.39, 0.29) is 11.9 Å². The van der Waals surface area contributed by atoms with Crippen molar-refractivity contribution in [3.05, 3.63) is 0 Å². The summed E-state index contributed by atoms with van der Waals surface area (Å²) in [5.41, 5.74) is 5.50. The Kier molecular flexibility index (Phi) is 3.46. The highest BCUT2D eigenvalue weighted by molar-refractivity contribution is 5.84. The molecule has 0 aromatic heterocycles. The normalized spacial score (nSPS) is 42.8. The first-order valence-electron chi connectivity index (χ1n) is 6.59. The minimum Gasteiger partial charge on any atom is -0.379 e. The van der Waals surface area contributed by atoms with E-state index in [1.807, 2.05) is 11.8 Å². The Labute approximate surface area is 103 Å². The molecule has 2 fully saturated rings. The van der Waals surface area contributed by atoms with E-state index in [1.54, 1.807) is 0 Å². The van der Waals surface area contributed by atoms with E-state index in [9.17, 15) is 4.79 Å².